The van der Waals surface area contributed by atoms with Gasteiger partial charge in [-0.15, -0.1) is 0 Å². The Morgan fingerprint density at radius 3 is 2.60 bits per heavy atom. The third-order valence-electron chi connectivity index (χ3n) is 1.45. The quantitative estimate of drug-likeness (QED) is 0.409. The summed E-state index contributed by atoms with van der Waals surface area (Å²) in [5, 5.41) is 0. The summed E-state index contributed by atoms with van der Waals surface area (Å²) in [5.74, 6) is 0. The Labute approximate surface area is 64.1 Å². The summed E-state index contributed by atoms with van der Waals surface area (Å²) in [6.07, 6.45) is 9.34. The van der Waals surface area contributed by atoms with E-state index >= 15 is 0 Å². The topological polar surface area (TPSA) is 9.23 Å². The first kappa shape index (κ1) is 9.70. The molecule has 0 saturated heterocycles. The van der Waals surface area contributed by atoms with Crippen LogP contribution in [0.2, 0.25) is 0 Å². The van der Waals surface area contributed by atoms with Crippen LogP contribution in [-0.2, 0) is 4.74 Å². The van der Waals surface area contributed by atoms with E-state index in [0.717, 1.165) is 6.61 Å². The normalized spacial score (nSPS) is 11.0. The second-order valence-electron chi connectivity index (χ2n) is 2.41. The minimum atomic E-state index is 0.913. The van der Waals surface area contributed by atoms with Crippen molar-refractivity contribution in [2.24, 2.45) is 0 Å². The number of hydrogen-bond acceptors (Lipinski definition) is 1. The van der Waals surface area contributed by atoms with Crippen LogP contribution < -0.4 is 0 Å². The predicted molar refractivity (Wildman–Crippen MR) is 45.2 cm³/mol. The van der Waals surface area contributed by atoms with Crippen LogP contribution in [0.4, 0.5) is 0 Å². The van der Waals surface area contributed by atoms with Crippen molar-refractivity contribution in [3.05, 3.63) is 12.2 Å². The largest absolute Gasteiger partial charge is 0.385 e. The summed E-state index contributed by atoms with van der Waals surface area (Å²) in [7, 11) is 1.76. The van der Waals surface area contributed by atoms with Gasteiger partial charge in [0.1, 0.15) is 0 Å². The lowest BCUT2D eigenvalue weighted by Crippen LogP contribution is -1.87. The van der Waals surface area contributed by atoms with Gasteiger partial charge in [-0.05, 0) is 26.2 Å². The second-order valence-corrected chi connectivity index (χ2v) is 2.41. The average Bonchev–Trinajstić information content (AvgIpc) is 1.97. The van der Waals surface area contributed by atoms with Crippen molar-refractivity contribution in [3.63, 3.8) is 0 Å². The van der Waals surface area contributed by atoms with Crippen molar-refractivity contribution < 1.29 is 4.74 Å². The summed E-state index contributed by atoms with van der Waals surface area (Å²) in [6, 6.07) is 0. The highest BCUT2D eigenvalue weighted by Gasteiger charge is 1.85. The van der Waals surface area contributed by atoms with Gasteiger partial charge in [-0.2, -0.15) is 0 Å². The van der Waals surface area contributed by atoms with Crippen molar-refractivity contribution in [2.75, 3.05) is 13.7 Å². The van der Waals surface area contributed by atoms with E-state index in [1.165, 1.54) is 25.7 Å². The van der Waals surface area contributed by atoms with Gasteiger partial charge in [0, 0.05) is 13.7 Å². The van der Waals surface area contributed by atoms with E-state index < -0.39 is 0 Å². The molecule has 0 rings (SSSR count). The monoisotopic (exact) mass is 142 g/mol. The molecule has 0 fully saturated rings. The van der Waals surface area contributed by atoms with Gasteiger partial charge in [0.05, 0.1) is 0 Å². The summed E-state index contributed by atoms with van der Waals surface area (Å²) in [6.45, 7) is 2.98. The van der Waals surface area contributed by atoms with Gasteiger partial charge >= 0.3 is 0 Å². The maximum Gasteiger partial charge on any atom is 0.0462 e. The molecule has 60 valence electrons. The molecule has 0 unspecified atom stereocenters. The van der Waals surface area contributed by atoms with E-state index in [4.69, 9.17) is 4.74 Å². The molecule has 0 heterocycles. The van der Waals surface area contributed by atoms with E-state index in [2.05, 4.69) is 19.1 Å². The van der Waals surface area contributed by atoms with Gasteiger partial charge in [0.2, 0.25) is 0 Å². The molecule has 0 N–H and O–H groups in total. The summed E-state index contributed by atoms with van der Waals surface area (Å²) >= 11 is 0. The number of allylic oxidation sites excluding steroid dienone is 2. The maximum atomic E-state index is 4.93. The smallest absolute Gasteiger partial charge is 0.0462 e. The van der Waals surface area contributed by atoms with Crippen LogP contribution in [0, 0.1) is 0 Å². The van der Waals surface area contributed by atoms with E-state index in [0.29, 0.717) is 0 Å². The fourth-order valence-corrected chi connectivity index (χ4v) is 0.852. The van der Waals surface area contributed by atoms with Crippen LogP contribution in [0.1, 0.15) is 32.6 Å². The molecule has 0 radical (unpaired) electrons. The van der Waals surface area contributed by atoms with Gasteiger partial charge in [-0.3, -0.25) is 0 Å². The van der Waals surface area contributed by atoms with Crippen molar-refractivity contribution >= 4 is 0 Å². The third-order valence-corrected chi connectivity index (χ3v) is 1.45. The zero-order valence-electron chi connectivity index (χ0n) is 7.10. The molecule has 1 nitrogen and oxygen atoms in total. The Morgan fingerprint density at radius 1 is 1.20 bits per heavy atom. The number of methoxy groups -OCH3 is 1. The molecule has 0 spiro atoms. The lowest BCUT2D eigenvalue weighted by molar-refractivity contribution is 0.192. The molecule has 1 heteroatoms. The Bertz CT molecular complexity index is 76.8. The molecule has 0 aliphatic carbocycles. The zero-order valence-corrected chi connectivity index (χ0v) is 7.10. The number of unbranched alkanes of at least 4 members (excludes halogenated alkanes) is 3. The van der Waals surface area contributed by atoms with E-state index in [-0.39, 0.29) is 0 Å². The Kier molecular flexibility index (Phi) is 8.44. The second kappa shape index (κ2) is 8.70. The molecule has 10 heavy (non-hydrogen) atoms. The molecule has 0 aliphatic heterocycles. The van der Waals surface area contributed by atoms with Crippen LogP contribution in [0.5, 0.6) is 0 Å². The third kappa shape index (κ3) is 7.70. The molecule has 0 aliphatic rings. The van der Waals surface area contributed by atoms with Crippen LogP contribution in [-0.4, -0.2) is 13.7 Å². The van der Waals surface area contributed by atoms with E-state index in [1.54, 1.807) is 7.11 Å². The van der Waals surface area contributed by atoms with Crippen LogP contribution in [0.15, 0.2) is 12.2 Å². The van der Waals surface area contributed by atoms with Crippen LogP contribution in [0.3, 0.4) is 0 Å². The molecule has 0 aromatic heterocycles. The highest BCUT2D eigenvalue weighted by atomic mass is 16.5. The molecular formula is C9H18O. The van der Waals surface area contributed by atoms with Gasteiger partial charge in [-0.25, -0.2) is 0 Å². The van der Waals surface area contributed by atoms with Crippen molar-refractivity contribution in [3.8, 4) is 0 Å². The van der Waals surface area contributed by atoms with E-state index in [1.807, 2.05) is 0 Å². The van der Waals surface area contributed by atoms with Crippen LogP contribution >= 0.6 is 0 Å². The zero-order chi connectivity index (χ0) is 7.66. The van der Waals surface area contributed by atoms with Crippen molar-refractivity contribution in [2.45, 2.75) is 32.6 Å². The van der Waals surface area contributed by atoms with Crippen molar-refractivity contribution in [1.29, 1.82) is 0 Å². The van der Waals surface area contributed by atoms with Gasteiger partial charge < -0.3 is 4.74 Å². The number of hydrogen-bond donors (Lipinski definition) is 0. The van der Waals surface area contributed by atoms with E-state index in [9.17, 15) is 0 Å². The van der Waals surface area contributed by atoms with Crippen molar-refractivity contribution in [1.82, 2.24) is 0 Å². The molecule has 0 saturated carbocycles. The highest BCUT2D eigenvalue weighted by molar-refractivity contribution is 4.75. The minimum absolute atomic E-state index is 0.913. The lowest BCUT2D eigenvalue weighted by atomic mass is 10.2. The van der Waals surface area contributed by atoms with Gasteiger partial charge in [-0.1, -0.05) is 18.6 Å². The number of ether oxygens (including phenoxy) is 1. The molecule has 0 amide bonds. The molecule has 0 atom stereocenters. The fourth-order valence-electron chi connectivity index (χ4n) is 0.852. The van der Waals surface area contributed by atoms with Gasteiger partial charge in [0.15, 0.2) is 0 Å². The summed E-state index contributed by atoms with van der Waals surface area (Å²) in [5.41, 5.74) is 0. The first-order chi connectivity index (χ1) is 4.91. The molecule has 0 aromatic carbocycles. The van der Waals surface area contributed by atoms with Crippen LogP contribution in [0.25, 0.3) is 0 Å². The predicted octanol–water partition coefficient (Wildman–Crippen LogP) is 2.77. The molecule has 0 aromatic rings. The standard InChI is InChI=1S/C9H18O/c1-3-4-5-6-7-8-9-10-2/h3-4H,5-9H2,1-2H3. The Hall–Kier alpha value is -0.300. The minimum Gasteiger partial charge on any atom is -0.385 e. The first-order valence-electron chi connectivity index (χ1n) is 4.02. The summed E-state index contributed by atoms with van der Waals surface area (Å²) in [4.78, 5) is 0. The Balaban J connectivity index is 2.77. The maximum absolute atomic E-state index is 4.93. The first-order valence-corrected chi connectivity index (χ1v) is 4.02. The molecular weight excluding hydrogens is 124 g/mol. The summed E-state index contributed by atoms with van der Waals surface area (Å²) < 4.78 is 4.93. The van der Waals surface area contributed by atoms with Gasteiger partial charge in [0.25, 0.3) is 0 Å². The average molecular weight is 142 g/mol. The SMILES string of the molecule is CC=CCCCCCOC. The highest BCUT2D eigenvalue weighted by Crippen LogP contribution is 2.00. The fraction of sp³-hybridized carbons (Fsp3) is 0.778. The molecule has 0 bridgehead atoms. The Morgan fingerprint density at radius 2 is 2.00 bits per heavy atom. The lowest BCUT2D eigenvalue weighted by Gasteiger charge is -1.96. The number of rotatable bonds is 6.